The highest BCUT2D eigenvalue weighted by Gasteiger charge is 2.18. The molecule has 0 aliphatic carbocycles. The third-order valence-corrected chi connectivity index (χ3v) is 4.82. The van der Waals surface area contributed by atoms with Crippen LogP contribution in [0.25, 0.3) is 0 Å². The van der Waals surface area contributed by atoms with Crippen LogP contribution >= 0.6 is 0 Å². The first-order valence-corrected chi connectivity index (χ1v) is 10.1. The molecule has 0 saturated heterocycles. The Labute approximate surface area is 186 Å². The van der Waals surface area contributed by atoms with Crippen LogP contribution < -0.4 is 18.9 Å². The standard InChI is InChI=1S/C24H28FNO6/c1-28-22-11-17(12-23(29-2)24(22)30-3)13-26(15-21-5-4-10-31-21)14-19(27)16-32-20-8-6-18(25)7-9-20/h4-12,19,27H,13-16H2,1-3H3. The summed E-state index contributed by atoms with van der Waals surface area (Å²) in [5.74, 6) is 2.55. The van der Waals surface area contributed by atoms with Gasteiger partial charge in [0, 0.05) is 13.1 Å². The summed E-state index contributed by atoms with van der Waals surface area (Å²) in [7, 11) is 4.69. The van der Waals surface area contributed by atoms with E-state index in [2.05, 4.69) is 0 Å². The Morgan fingerprint density at radius 2 is 1.66 bits per heavy atom. The lowest BCUT2D eigenvalue weighted by atomic mass is 10.1. The maximum atomic E-state index is 13.1. The second-order valence-corrected chi connectivity index (χ2v) is 7.20. The average Bonchev–Trinajstić information content (AvgIpc) is 3.31. The maximum Gasteiger partial charge on any atom is 0.203 e. The first-order valence-electron chi connectivity index (χ1n) is 10.1. The monoisotopic (exact) mass is 445 g/mol. The van der Waals surface area contributed by atoms with Crippen LogP contribution in [0.15, 0.2) is 59.2 Å². The summed E-state index contributed by atoms with van der Waals surface area (Å²) < 4.78 is 40.4. The number of aliphatic hydroxyl groups excluding tert-OH is 1. The SMILES string of the molecule is COc1cc(CN(Cc2ccco2)CC(O)COc2ccc(F)cc2)cc(OC)c1OC. The van der Waals surface area contributed by atoms with Crippen LogP contribution in [0, 0.1) is 5.82 Å². The number of hydrogen-bond acceptors (Lipinski definition) is 7. The predicted molar refractivity (Wildman–Crippen MR) is 117 cm³/mol. The highest BCUT2D eigenvalue weighted by molar-refractivity contribution is 5.53. The predicted octanol–water partition coefficient (Wildman–Crippen LogP) is 3.89. The number of methoxy groups -OCH3 is 3. The number of rotatable bonds is 12. The zero-order valence-electron chi connectivity index (χ0n) is 18.4. The molecule has 0 fully saturated rings. The van der Waals surface area contributed by atoms with Gasteiger partial charge in [0.25, 0.3) is 0 Å². The smallest absolute Gasteiger partial charge is 0.203 e. The molecule has 8 heteroatoms. The number of furan rings is 1. The Hall–Kier alpha value is -3.23. The summed E-state index contributed by atoms with van der Waals surface area (Å²) in [6, 6.07) is 13.1. The number of hydrogen-bond donors (Lipinski definition) is 1. The van der Waals surface area contributed by atoms with Crippen molar-refractivity contribution in [3.05, 3.63) is 71.9 Å². The molecule has 0 aliphatic rings. The molecule has 0 spiro atoms. The Morgan fingerprint density at radius 1 is 0.969 bits per heavy atom. The van der Waals surface area contributed by atoms with Gasteiger partial charge in [-0.05, 0) is 54.1 Å². The van der Waals surface area contributed by atoms with Crippen LogP contribution in [0.2, 0.25) is 0 Å². The van der Waals surface area contributed by atoms with Gasteiger partial charge in [0.05, 0.1) is 34.1 Å². The molecule has 0 bridgehead atoms. The van der Waals surface area contributed by atoms with Gasteiger partial charge >= 0.3 is 0 Å². The third-order valence-electron chi connectivity index (χ3n) is 4.82. The van der Waals surface area contributed by atoms with E-state index in [9.17, 15) is 9.50 Å². The molecular formula is C24H28FNO6. The van der Waals surface area contributed by atoms with Crippen LogP contribution in [0.1, 0.15) is 11.3 Å². The van der Waals surface area contributed by atoms with E-state index in [1.54, 1.807) is 27.6 Å². The van der Waals surface area contributed by atoms with Gasteiger partial charge in [-0.3, -0.25) is 4.90 Å². The molecule has 1 aromatic heterocycles. The van der Waals surface area contributed by atoms with Gasteiger partial charge in [-0.25, -0.2) is 4.39 Å². The Bertz CT molecular complexity index is 936. The van der Waals surface area contributed by atoms with Gasteiger partial charge in [0.15, 0.2) is 11.5 Å². The lowest BCUT2D eigenvalue weighted by Crippen LogP contribution is -2.35. The molecule has 0 amide bonds. The Balaban J connectivity index is 1.72. The average molecular weight is 445 g/mol. The second-order valence-electron chi connectivity index (χ2n) is 7.20. The van der Waals surface area contributed by atoms with Gasteiger partial charge in [0.1, 0.15) is 30.0 Å². The van der Waals surface area contributed by atoms with Crippen molar-refractivity contribution in [3.8, 4) is 23.0 Å². The highest BCUT2D eigenvalue weighted by Crippen LogP contribution is 2.38. The third kappa shape index (κ3) is 6.38. The van der Waals surface area contributed by atoms with Gasteiger partial charge in [0.2, 0.25) is 5.75 Å². The number of aliphatic hydroxyl groups is 1. The first kappa shape index (κ1) is 23.4. The molecule has 1 N–H and O–H groups in total. The molecule has 0 saturated carbocycles. The summed E-state index contributed by atoms with van der Waals surface area (Å²) in [5.41, 5.74) is 0.915. The fourth-order valence-electron chi connectivity index (χ4n) is 3.37. The van der Waals surface area contributed by atoms with Crippen molar-refractivity contribution in [2.75, 3.05) is 34.5 Å². The van der Waals surface area contributed by atoms with Crippen LogP contribution in [-0.4, -0.2) is 50.6 Å². The topological polar surface area (TPSA) is 73.5 Å². The van der Waals surface area contributed by atoms with Crippen molar-refractivity contribution in [1.82, 2.24) is 4.90 Å². The van der Waals surface area contributed by atoms with Crippen molar-refractivity contribution in [2.24, 2.45) is 0 Å². The van der Waals surface area contributed by atoms with Crippen LogP contribution in [0.5, 0.6) is 23.0 Å². The van der Waals surface area contributed by atoms with Crippen LogP contribution in [0.3, 0.4) is 0 Å². The molecule has 7 nitrogen and oxygen atoms in total. The van der Waals surface area contributed by atoms with Crippen molar-refractivity contribution in [3.63, 3.8) is 0 Å². The van der Waals surface area contributed by atoms with Gasteiger partial charge in [-0.15, -0.1) is 0 Å². The van der Waals surface area contributed by atoms with Crippen LogP contribution in [-0.2, 0) is 13.1 Å². The lowest BCUT2D eigenvalue weighted by molar-refractivity contribution is 0.0604. The summed E-state index contributed by atoms with van der Waals surface area (Å²) >= 11 is 0. The Morgan fingerprint density at radius 3 is 2.22 bits per heavy atom. The fraction of sp³-hybridized carbons (Fsp3) is 0.333. The molecule has 0 radical (unpaired) electrons. The molecule has 32 heavy (non-hydrogen) atoms. The summed E-state index contributed by atoms with van der Waals surface area (Å²) in [4.78, 5) is 2.03. The van der Waals surface area contributed by atoms with Crippen molar-refractivity contribution in [2.45, 2.75) is 19.2 Å². The number of ether oxygens (including phenoxy) is 4. The fourth-order valence-corrected chi connectivity index (χ4v) is 3.37. The molecular weight excluding hydrogens is 417 g/mol. The van der Waals surface area contributed by atoms with Crippen molar-refractivity contribution < 1.29 is 32.9 Å². The zero-order valence-corrected chi connectivity index (χ0v) is 18.4. The van der Waals surface area contributed by atoms with E-state index >= 15 is 0 Å². The molecule has 1 unspecified atom stereocenters. The maximum absolute atomic E-state index is 13.1. The quantitative estimate of drug-likeness (QED) is 0.453. The molecule has 1 atom stereocenters. The first-order chi connectivity index (χ1) is 15.5. The minimum atomic E-state index is -0.781. The highest BCUT2D eigenvalue weighted by atomic mass is 19.1. The van der Waals surface area contributed by atoms with Gasteiger partial charge in [-0.2, -0.15) is 0 Å². The summed E-state index contributed by atoms with van der Waals surface area (Å²) in [5, 5.41) is 10.6. The van der Waals surface area contributed by atoms with E-state index in [1.807, 2.05) is 29.2 Å². The molecule has 2 aromatic carbocycles. The van der Waals surface area contributed by atoms with E-state index in [-0.39, 0.29) is 12.4 Å². The van der Waals surface area contributed by atoms with Crippen LogP contribution in [0.4, 0.5) is 4.39 Å². The second kappa shape index (κ2) is 11.4. The Kier molecular flexibility index (Phi) is 8.35. The molecule has 172 valence electrons. The molecule has 3 aromatic rings. The van der Waals surface area contributed by atoms with E-state index in [4.69, 9.17) is 23.4 Å². The van der Waals surface area contributed by atoms with E-state index in [1.165, 1.54) is 24.3 Å². The van der Waals surface area contributed by atoms with Gasteiger partial charge in [-0.1, -0.05) is 0 Å². The van der Waals surface area contributed by atoms with E-state index < -0.39 is 6.10 Å². The van der Waals surface area contributed by atoms with Crippen molar-refractivity contribution in [1.29, 1.82) is 0 Å². The minimum absolute atomic E-state index is 0.0650. The number of halogens is 1. The molecule has 3 rings (SSSR count). The molecule has 1 heterocycles. The largest absolute Gasteiger partial charge is 0.493 e. The lowest BCUT2D eigenvalue weighted by Gasteiger charge is -2.25. The van der Waals surface area contributed by atoms with Crippen molar-refractivity contribution >= 4 is 0 Å². The van der Waals surface area contributed by atoms with E-state index in [0.29, 0.717) is 42.6 Å². The normalized spacial score (nSPS) is 11.9. The van der Waals surface area contributed by atoms with E-state index in [0.717, 1.165) is 11.3 Å². The molecule has 0 aliphatic heterocycles. The summed E-state index contributed by atoms with van der Waals surface area (Å²) in [6.45, 7) is 1.36. The summed E-state index contributed by atoms with van der Waals surface area (Å²) in [6.07, 6.45) is 0.832. The van der Waals surface area contributed by atoms with Gasteiger partial charge < -0.3 is 28.5 Å². The minimum Gasteiger partial charge on any atom is -0.493 e. The number of benzene rings is 2. The number of nitrogens with zero attached hydrogens (tertiary/aromatic N) is 1. The zero-order chi connectivity index (χ0) is 22.9.